The zero-order chi connectivity index (χ0) is 18.6. The fourth-order valence-electron chi connectivity index (χ4n) is 3.73. The highest BCUT2D eigenvalue weighted by atomic mass is 16.3. The van der Waals surface area contributed by atoms with Crippen molar-refractivity contribution in [2.45, 2.75) is 38.3 Å². The van der Waals surface area contributed by atoms with Gasteiger partial charge in [0.2, 0.25) is 5.95 Å². The van der Waals surface area contributed by atoms with Gasteiger partial charge >= 0.3 is 0 Å². The number of nitrogens with zero attached hydrogens (tertiary/aromatic N) is 4. The third-order valence-electron chi connectivity index (χ3n) is 5.23. The van der Waals surface area contributed by atoms with Crippen LogP contribution in [0.2, 0.25) is 0 Å². The van der Waals surface area contributed by atoms with E-state index in [0.717, 1.165) is 68.1 Å². The Kier molecular flexibility index (Phi) is 5.19. The molecule has 2 aromatic rings. The molecule has 3 heterocycles. The normalized spacial score (nSPS) is 17.3. The average Bonchev–Trinajstić information content (AvgIpc) is 2.69. The molecule has 0 unspecified atom stereocenters. The van der Waals surface area contributed by atoms with Gasteiger partial charge in [0.25, 0.3) is 0 Å². The number of nitriles is 1. The van der Waals surface area contributed by atoms with E-state index in [0.29, 0.717) is 12.4 Å². The first-order valence-electron chi connectivity index (χ1n) is 9.48. The van der Waals surface area contributed by atoms with E-state index in [1.54, 1.807) is 0 Å². The van der Waals surface area contributed by atoms with Crippen LogP contribution in [-0.2, 0) is 19.4 Å². The Labute approximate surface area is 159 Å². The van der Waals surface area contributed by atoms with Crippen molar-refractivity contribution in [3.05, 3.63) is 41.2 Å². The molecule has 1 saturated heterocycles. The summed E-state index contributed by atoms with van der Waals surface area (Å²) in [5.41, 5.74) is 5.18. The molecule has 4 rings (SSSR count). The lowest BCUT2D eigenvalue weighted by Crippen LogP contribution is -2.36. The van der Waals surface area contributed by atoms with Crippen molar-refractivity contribution in [2.24, 2.45) is 0 Å². The largest absolute Gasteiger partial charge is 0.393 e. The van der Waals surface area contributed by atoms with Gasteiger partial charge < -0.3 is 20.6 Å². The number of piperidine rings is 1. The van der Waals surface area contributed by atoms with Crippen LogP contribution in [-0.4, -0.2) is 40.8 Å². The van der Waals surface area contributed by atoms with Gasteiger partial charge in [-0.2, -0.15) is 5.26 Å². The Morgan fingerprint density at radius 1 is 1.33 bits per heavy atom. The fourth-order valence-corrected chi connectivity index (χ4v) is 3.73. The molecule has 0 aliphatic carbocycles. The van der Waals surface area contributed by atoms with Gasteiger partial charge in [-0.05, 0) is 55.1 Å². The number of aromatic nitrogens is 2. The van der Waals surface area contributed by atoms with Crippen LogP contribution in [0.1, 0.15) is 29.7 Å². The van der Waals surface area contributed by atoms with Gasteiger partial charge in [0.05, 0.1) is 24.3 Å². The first-order valence-corrected chi connectivity index (χ1v) is 9.48. The smallest absolute Gasteiger partial charge is 0.227 e. The van der Waals surface area contributed by atoms with E-state index in [2.05, 4.69) is 31.6 Å². The Hall–Kier alpha value is -2.69. The Morgan fingerprint density at radius 3 is 3.00 bits per heavy atom. The van der Waals surface area contributed by atoms with Crippen LogP contribution in [0, 0.1) is 11.3 Å². The molecular weight excluding hydrogens is 340 g/mol. The van der Waals surface area contributed by atoms with Crippen LogP contribution in [0.4, 0.5) is 17.3 Å². The molecule has 3 N–H and O–H groups in total. The summed E-state index contributed by atoms with van der Waals surface area (Å²) >= 11 is 0. The Morgan fingerprint density at radius 2 is 2.19 bits per heavy atom. The first kappa shape index (κ1) is 17.7. The predicted molar refractivity (Wildman–Crippen MR) is 104 cm³/mol. The highest BCUT2D eigenvalue weighted by Crippen LogP contribution is 2.28. The van der Waals surface area contributed by atoms with Gasteiger partial charge in [-0.25, -0.2) is 9.97 Å². The summed E-state index contributed by atoms with van der Waals surface area (Å²) in [5, 5.41) is 25.6. The van der Waals surface area contributed by atoms with E-state index in [1.807, 2.05) is 24.4 Å². The second-order valence-electron chi connectivity index (χ2n) is 7.11. The predicted octanol–water partition coefficient (Wildman–Crippen LogP) is 1.89. The summed E-state index contributed by atoms with van der Waals surface area (Å²) in [7, 11) is 0. The molecule has 7 heteroatoms. The van der Waals surface area contributed by atoms with E-state index >= 15 is 0 Å². The van der Waals surface area contributed by atoms with Gasteiger partial charge in [-0.3, -0.25) is 0 Å². The number of fused-ring (bicyclic) bond motifs is 1. The first-order chi connectivity index (χ1) is 13.2. The molecule has 0 radical (unpaired) electrons. The van der Waals surface area contributed by atoms with Crippen LogP contribution in [0.15, 0.2) is 24.4 Å². The highest BCUT2D eigenvalue weighted by molar-refractivity contribution is 5.64. The molecule has 140 valence electrons. The summed E-state index contributed by atoms with van der Waals surface area (Å²) in [6.45, 7) is 3.36. The minimum Gasteiger partial charge on any atom is -0.393 e. The molecule has 0 amide bonds. The molecular formula is C20H24N6O. The minimum atomic E-state index is -0.211. The number of anilines is 3. The van der Waals surface area contributed by atoms with E-state index in [-0.39, 0.29) is 6.10 Å². The van der Waals surface area contributed by atoms with Crippen LogP contribution in [0.5, 0.6) is 0 Å². The van der Waals surface area contributed by atoms with E-state index in [4.69, 9.17) is 0 Å². The molecule has 27 heavy (non-hydrogen) atoms. The lowest BCUT2D eigenvalue weighted by Gasteiger charge is -2.33. The summed E-state index contributed by atoms with van der Waals surface area (Å²) in [6, 6.07) is 8.32. The van der Waals surface area contributed by atoms with E-state index in [1.165, 1.54) is 5.56 Å². The van der Waals surface area contributed by atoms with Gasteiger partial charge in [-0.1, -0.05) is 0 Å². The van der Waals surface area contributed by atoms with Gasteiger partial charge in [-0.15, -0.1) is 0 Å². The van der Waals surface area contributed by atoms with Gasteiger partial charge in [0, 0.05) is 37.2 Å². The van der Waals surface area contributed by atoms with Crippen molar-refractivity contribution < 1.29 is 5.11 Å². The van der Waals surface area contributed by atoms with E-state index in [9.17, 15) is 10.4 Å². The molecule has 0 spiro atoms. The van der Waals surface area contributed by atoms with Crippen molar-refractivity contribution in [3.8, 4) is 6.07 Å². The standard InChI is InChI=1S/C20H24N6O/c21-7-3-14-11-16(1-2-19(14)26-9-5-17(27)6-10-26)24-20-23-12-15-4-8-22-13-18(15)25-20/h1-2,11-12,17,22,27H,3-6,8-10,13H2,(H,23,24,25). The second kappa shape index (κ2) is 7.91. The zero-order valence-corrected chi connectivity index (χ0v) is 15.3. The number of rotatable bonds is 4. The van der Waals surface area contributed by atoms with Crippen LogP contribution in [0.25, 0.3) is 0 Å². The van der Waals surface area contributed by atoms with Crippen molar-refractivity contribution in [3.63, 3.8) is 0 Å². The van der Waals surface area contributed by atoms with Crippen molar-refractivity contribution in [1.29, 1.82) is 5.26 Å². The molecule has 7 nitrogen and oxygen atoms in total. The molecule has 2 aliphatic heterocycles. The average molecular weight is 364 g/mol. The molecule has 0 atom stereocenters. The van der Waals surface area contributed by atoms with Crippen molar-refractivity contribution in [1.82, 2.24) is 15.3 Å². The quantitative estimate of drug-likeness (QED) is 0.762. The molecule has 2 aliphatic rings. The van der Waals surface area contributed by atoms with Crippen molar-refractivity contribution >= 4 is 17.3 Å². The monoisotopic (exact) mass is 364 g/mol. The zero-order valence-electron chi connectivity index (χ0n) is 15.3. The lowest BCUT2D eigenvalue weighted by molar-refractivity contribution is 0.145. The maximum atomic E-state index is 9.73. The summed E-state index contributed by atoms with van der Waals surface area (Å²) < 4.78 is 0. The fraction of sp³-hybridized carbons (Fsp3) is 0.450. The molecule has 1 aromatic heterocycles. The summed E-state index contributed by atoms with van der Waals surface area (Å²) in [4.78, 5) is 11.3. The lowest BCUT2D eigenvalue weighted by atomic mass is 10.0. The maximum Gasteiger partial charge on any atom is 0.227 e. The molecule has 0 saturated carbocycles. The molecule has 1 aromatic carbocycles. The SMILES string of the molecule is N#CCc1cc(Nc2ncc3c(n2)CNCC3)ccc1N1CCC(O)CC1. The maximum absolute atomic E-state index is 9.73. The Bertz CT molecular complexity index is 854. The number of nitrogens with one attached hydrogen (secondary N) is 2. The van der Waals surface area contributed by atoms with E-state index < -0.39 is 0 Å². The number of hydrogen-bond donors (Lipinski definition) is 3. The van der Waals surface area contributed by atoms with Gasteiger partial charge in [0.1, 0.15) is 0 Å². The summed E-state index contributed by atoms with van der Waals surface area (Å²) in [5.74, 6) is 0.578. The van der Waals surface area contributed by atoms with Crippen LogP contribution < -0.4 is 15.5 Å². The van der Waals surface area contributed by atoms with Crippen molar-refractivity contribution in [2.75, 3.05) is 29.9 Å². The number of aliphatic hydroxyl groups is 1. The number of hydrogen-bond acceptors (Lipinski definition) is 7. The van der Waals surface area contributed by atoms with Crippen LogP contribution in [0.3, 0.4) is 0 Å². The second-order valence-corrected chi connectivity index (χ2v) is 7.11. The summed E-state index contributed by atoms with van der Waals surface area (Å²) in [6.07, 6.45) is 4.53. The topological polar surface area (TPSA) is 97.1 Å². The number of benzene rings is 1. The van der Waals surface area contributed by atoms with Gasteiger partial charge in [0.15, 0.2) is 0 Å². The minimum absolute atomic E-state index is 0.211. The number of aliphatic hydroxyl groups excluding tert-OH is 1. The third kappa shape index (κ3) is 4.02. The highest BCUT2D eigenvalue weighted by Gasteiger charge is 2.20. The molecule has 1 fully saturated rings. The molecule has 0 bridgehead atoms. The third-order valence-corrected chi connectivity index (χ3v) is 5.23. The van der Waals surface area contributed by atoms with Crippen LogP contribution >= 0.6 is 0 Å². The Balaban J connectivity index is 1.55.